The lowest BCUT2D eigenvalue weighted by atomic mass is 10.3. The van der Waals surface area contributed by atoms with E-state index in [2.05, 4.69) is 32.8 Å². The van der Waals surface area contributed by atoms with Gasteiger partial charge >= 0.3 is 0 Å². The summed E-state index contributed by atoms with van der Waals surface area (Å²) in [6, 6.07) is 1.77. The van der Waals surface area contributed by atoms with Crippen molar-refractivity contribution < 1.29 is 14.2 Å². The maximum Gasteiger partial charge on any atom is 0.217 e. The number of hydrogen-bond donors (Lipinski definition) is 0. The number of methoxy groups -OCH3 is 1. The van der Waals surface area contributed by atoms with E-state index in [-0.39, 0.29) is 0 Å². The van der Waals surface area contributed by atoms with Gasteiger partial charge in [-0.25, -0.2) is 4.98 Å². The zero-order valence-corrected chi connectivity index (χ0v) is 13.1. The lowest BCUT2D eigenvalue weighted by Crippen LogP contribution is -2.10. The third kappa shape index (κ3) is 7.44. The minimum Gasteiger partial charge on any atom is -0.475 e. The molecule has 1 heterocycles. The molecule has 0 radical (unpaired) electrons. The molecule has 1 aromatic rings. The minimum atomic E-state index is 0.488. The molecule has 6 heteroatoms. The molecule has 0 bridgehead atoms. The van der Waals surface area contributed by atoms with Gasteiger partial charge in [-0.3, -0.25) is 0 Å². The van der Waals surface area contributed by atoms with E-state index in [1.807, 2.05) is 0 Å². The maximum absolute atomic E-state index is 5.54. The molecule has 0 atom stereocenters. The smallest absolute Gasteiger partial charge is 0.217 e. The molecule has 108 valence electrons. The van der Waals surface area contributed by atoms with Crippen LogP contribution in [0.5, 0.6) is 5.88 Å². The molecule has 19 heavy (non-hydrogen) atoms. The van der Waals surface area contributed by atoms with E-state index in [0.29, 0.717) is 25.7 Å². The lowest BCUT2D eigenvalue weighted by Gasteiger charge is -2.08. The number of aryl methyl sites for hydroxylation is 1. The van der Waals surface area contributed by atoms with Crippen LogP contribution in [-0.4, -0.2) is 43.5 Å². The van der Waals surface area contributed by atoms with Crippen LogP contribution in [0.3, 0.4) is 0 Å². The number of hydrogen-bond acceptors (Lipinski definition) is 5. The van der Waals surface area contributed by atoms with Gasteiger partial charge < -0.3 is 14.2 Å². The second-order valence-corrected chi connectivity index (χ2v) is 4.81. The van der Waals surface area contributed by atoms with Crippen LogP contribution in [0.15, 0.2) is 10.7 Å². The van der Waals surface area contributed by atoms with Crippen LogP contribution in [0.25, 0.3) is 0 Å². The van der Waals surface area contributed by atoms with E-state index in [9.17, 15) is 0 Å². The standard InChI is InChI=1S/C13H21BrN2O3/c1-3-5-12-15-11(14)10-13(16-12)19-9-8-18-7-4-6-17-2/h10H,3-9H2,1-2H3. The van der Waals surface area contributed by atoms with Crippen LogP contribution in [-0.2, 0) is 15.9 Å². The number of halogens is 1. The van der Waals surface area contributed by atoms with E-state index < -0.39 is 0 Å². The van der Waals surface area contributed by atoms with Gasteiger partial charge in [0.05, 0.1) is 6.61 Å². The van der Waals surface area contributed by atoms with Crippen molar-refractivity contribution in [3.63, 3.8) is 0 Å². The molecule has 0 aromatic carbocycles. The summed E-state index contributed by atoms with van der Waals surface area (Å²) in [4.78, 5) is 8.61. The molecule has 0 aliphatic heterocycles. The van der Waals surface area contributed by atoms with E-state index in [1.165, 1.54) is 0 Å². The Morgan fingerprint density at radius 2 is 2.00 bits per heavy atom. The first-order valence-corrected chi connectivity index (χ1v) is 7.28. The van der Waals surface area contributed by atoms with Crippen LogP contribution < -0.4 is 4.74 Å². The highest BCUT2D eigenvalue weighted by molar-refractivity contribution is 9.10. The predicted molar refractivity (Wildman–Crippen MR) is 76.5 cm³/mol. The van der Waals surface area contributed by atoms with Crippen molar-refractivity contribution in [3.05, 3.63) is 16.5 Å². The van der Waals surface area contributed by atoms with Crippen molar-refractivity contribution in [2.45, 2.75) is 26.2 Å². The maximum atomic E-state index is 5.54. The van der Waals surface area contributed by atoms with Crippen LogP contribution in [0.1, 0.15) is 25.6 Å². The Kier molecular flexibility index (Phi) is 8.69. The van der Waals surface area contributed by atoms with Crippen LogP contribution >= 0.6 is 15.9 Å². The quantitative estimate of drug-likeness (QED) is 0.487. The summed E-state index contributed by atoms with van der Waals surface area (Å²) in [5.74, 6) is 1.39. The fourth-order valence-electron chi connectivity index (χ4n) is 1.46. The first-order valence-electron chi connectivity index (χ1n) is 6.49. The molecule has 1 aromatic heterocycles. The van der Waals surface area contributed by atoms with Gasteiger partial charge in [-0.1, -0.05) is 6.92 Å². The molecule has 0 saturated carbocycles. The summed E-state index contributed by atoms with van der Waals surface area (Å²) < 4.78 is 16.6. The molecule has 0 amide bonds. The Bertz CT molecular complexity index is 364. The van der Waals surface area contributed by atoms with Gasteiger partial charge in [0, 0.05) is 32.8 Å². The molecule has 0 aliphatic carbocycles. The van der Waals surface area contributed by atoms with Crippen molar-refractivity contribution in [1.29, 1.82) is 0 Å². The van der Waals surface area contributed by atoms with Gasteiger partial charge in [0.15, 0.2) is 0 Å². The second-order valence-electron chi connectivity index (χ2n) is 4.00. The van der Waals surface area contributed by atoms with Gasteiger partial charge in [0.1, 0.15) is 17.0 Å². The Labute approximate surface area is 122 Å². The highest BCUT2D eigenvalue weighted by atomic mass is 79.9. The number of rotatable bonds is 10. The summed E-state index contributed by atoms with van der Waals surface area (Å²) in [5, 5.41) is 0. The molecule has 5 nitrogen and oxygen atoms in total. The van der Waals surface area contributed by atoms with E-state index in [4.69, 9.17) is 14.2 Å². The average Bonchev–Trinajstić information content (AvgIpc) is 2.37. The highest BCUT2D eigenvalue weighted by Gasteiger charge is 2.03. The van der Waals surface area contributed by atoms with Gasteiger partial charge in [-0.2, -0.15) is 4.98 Å². The van der Waals surface area contributed by atoms with Crippen molar-refractivity contribution in [2.75, 3.05) is 33.5 Å². The second kappa shape index (κ2) is 10.1. The van der Waals surface area contributed by atoms with Crippen LogP contribution in [0.4, 0.5) is 0 Å². The van der Waals surface area contributed by atoms with E-state index in [1.54, 1.807) is 13.2 Å². The van der Waals surface area contributed by atoms with Gasteiger partial charge in [-0.05, 0) is 28.8 Å². The molecular weight excluding hydrogens is 312 g/mol. The Hall–Kier alpha value is -0.720. The molecule has 0 saturated heterocycles. The van der Waals surface area contributed by atoms with Crippen LogP contribution in [0.2, 0.25) is 0 Å². The number of ether oxygens (including phenoxy) is 3. The first-order chi connectivity index (χ1) is 9.26. The van der Waals surface area contributed by atoms with Crippen molar-refractivity contribution in [3.8, 4) is 5.88 Å². The summed E-state index contributed by atoms with van der Waals surface area (Å²) in [5.41, 5.74) is 0. The third-order valence-electron chi connectivity index (χ3n) is 2.31. The van der Waals surface area contributed by atoms with Gasteiger partial charge in [0.2, 0.25) is 5.88 Å². The molecule has 0 spiro atoms. The summed E-state index contributed by atoms with van der Waals surface area (Å²) in [6.07, 6.45) is 2.76. The fourth-order valence-corrected chi connectivity index (χ4v) is 1.86. The predicted octanol–water partition coefficient (Wildman–Crippen LogP) is 2.62. The summed E-state index contributed by atoms with van der Waals surface area (Å²) in [6.45, 7) is 4.54. The zero-order chi connectivity index (χ0) is 13.9. The number of aromatic nitrogens is 2. The molecule has 1 rings (SSSR count). The Balaban J connectivity index is 2.25. The van der Waals surface area contributed by atoms with Gasteiger partial charge in [0.25, 0.3) is 0 Å². The lowest BCUT2D eigenvalue weighted by molar-refractivity contribution is 0.0794. The molecule has 0 unspecified atom stereocenters. The monoisotopic (exact) mass is 332 g/mol. The molecule has 0 aliphatic rings. The van der Waals surface area contributed by atoms with Crippen LogP contribution in [0, 0.1) is 0 Å². The first kappa shape index (κ1) is 16.3. The zero-order valence-electron chi connectivity index (χ0n) is 11.5. The third-order valence-corrected chi connectivity index (χ3v) is 2.71. The Morgan fingerprint density at radius 3 is 2.74 bits per heavy atom. The van der Waals surface area contributed by atoms with Crippen molar-refractivity contribution >= 4 is 15.9 Å². The molecule has 0 fully saturated rings. The normalized spacial score (nSPS) is 10.7. The largest absolute Gasteiger partial charge is 0.475 e. The molecular formula is C13H21BrN2O3. The highest BCUT2D eigenvalue weighted by Crippen LogP contribution is 2.15. The average molecular weight is 333 g/mol. The summed E-state index contributed by atoms with van der Waals surface area (Å²) >= 11 is 3.36. The SMILES string of the molecule is CCCc1nc(Br)cc(OCCOCCCOC)n1. The van der Waals surface area contributed by atoms with Crippen molar-refractivity contribution in [1.82, 2.24) is 9.97 Å². The van der Waals surface area contributed by atoms with E-state index in [0.717, 1.165) is 36.3 Å². The minimum absolute atomic E-state index is 0.488. The van der Waals surface area contributed by atoms with Crippen molar-refractivity contribution in [2.24, 2.45) is 0 Å². The topological polar surface area (TPSA) is 53.5 Å². The summed E-state index contributed by atoms with van der Waals surface area (Å²) in [7, 11) is 1.68. The Morgan fingerprint density at radius 1 is 1.16 bits per heavy atom. The van der Waals surface area contributed by atoms with Gasteiger partial charge in [-0.15, -0.1) is 0 Å². The molecule has 0 N–H and O–H groups in total. The fraction of sp³-hybridized carbons (Fsp3) is 0.692. The number of nitrogens with zero attached hydrogens (tertiary/aromatic N) is 2. The van der Waals surface area contributed by atoms with E-state index >= 15 is 0 Å².